The lowest BCUT2D eigenvalue weighted by Gasteiger charge is -2.17. The Labute approximate surface area is 116 Å². The van der Waals surface area contributed by atoms with E-state index in [1.807, 2.05) is 0 Å². The van der Waals surface area contributed by atoms with E-state index in [1.54, 1.807) is 11.8 Å². The molecule has 1 rings (SSSR count). The zero-order valence-electron chi connectivity index (χ0n) is 11.3. The van der Waals surface area contributed by atoms with Crippen LogP contribution in [0.15, 0.2) is 18.2 Å². The quantitative estimate of drug-likeness (QED) is 0.612. The van der Waals surface area contributed by atoms with Crippen LogP contribution in [0.2, 0.25) is 0 Å². The molecule has 0 atom stereocenters. The van der Waals surface area contributed by atoms with Gasteiger partial charge in [-0.25, -0.2) is 8.78 Å². The molecule has 0 saturated carbocycles. The number of hydrogen-bond donors (Lipinski definition) is 0. The van der Waals surface area contributed by atoms with E-state index < -0.39 is 17.6 Å². The van der Waals surface area contributed by atoms with Crippen molar-refractivity contribution in [2.75, 3.05) is 12.4 Å². The number of ether oxygens (including phenoxy) is 1. The fourth-order valence-electron chi connectivity index (χ4n) is 1.40. The Bertz CT molecular complexity index is 421. The summed E-state index contributed by atoms with van der Waals surface area (Å²) in [5, 5.41) is 0. The van der Waals surface area contributed by atoms with Gasteiger partial charge in [-0.05, 0) is 12.1 Å². The maximum absolute atomic E-state index is 13.3. The lowest BCUT2D eigenvalue weighted by molar-refractivity contribution is -0.142. The SMILES string of the molecule is CC(C)(C)SCCOC(=O)Cc1c(F)cccc1F. The summed E-state index contributed by atoms with van der Waals surface area (Å²) in [7, 11) is 0. The Hall–Kier alpha value is -1.10. The summed E-state index contributed by atoms with van der Waals surface area (Å²) in [5.74, 6) is -1.39. The molecule has 0 bridgehead atoms. The standard InChI is InChI=1S/C14H18F2O2S/c1-14(2,3)19-8-7-18-13(17)9-10-11(15)5-4-6-12(10)16/h4-6H,7-9H2,1-3H3. The molecule has 0 aliphatic carbocycles. The Kier molecular flexibility index (Phi) is 5.79. The predicted molar refractivity (Wildman–Crippen MR) is 73.2 cm³/mol. The fraction of sp³-hybridized carbons (Fsp3) is 0.500. The van der Waals surface area contributed by atoms with Gasteiger partial charge in [0.05, 0.1) is 6.42 Å². The van der Waals surface area contributed by atoms with Crippen LogP contribution in [0.1, 0.15) is 26.3 Å². The number of thioether (sulfide) groups is 1. The van der Waals surface area contributed by atoms with E-state index in [4.69, 9.17) is 4.74 Å². The molecule has 0 saturated heterocycles. The number of hydrogen-bond acceptors (Lipinski definition) is 3. The van der Waals surface area contributed by atoms with Crippen LogP contribution in [0.3, 0.4) is 0 Å². The lowest BCUT2D eigenvalue weighted by Crippen LogP contribution is -2.15. The molecule has 0 N–H and O–H groups in total. The van der Waals surface area contributed by atoms with Crippen LogP contribution in [-0.4, -0.2) is 23.1 Å². The summed E-state index contributed by atoms with van der Waals surface area (Å²) in [6, 6.07) is 3.52. The normalized spacial score (nSPS) is 11.4. The van der Waals surface area contributed by atoms with Gasteiger partial charge in [-0.2, -0.15) is 11.8 Å². The second-order valence-electron chi connectivity index (χ2n) is 5.06. The average molecular weight is 288 g/mol. The largest absolute Gasteiger partial charge is 0.465 e. The Balaban J connectivity index is 2.40. The molecule has 0 unspecified atom stereocenters. The van der Waals surface area contributed by atoms with Crippen molar-refractivity contribution in [1.82, 2.24) is 0 Å². The van der Waals surface area contributed by atoms with E-state index in [9.17, 15) is 13.6 Å². The first-order valence-electron chi connectivity index (χ1n) is 6.02. The van der Waals surface area contributed by atoms with Gasteiger partial charge < -0.3 is 4.74 Å². The molecule has 1 aromatic carbocycles. The van der Waals surface area contributed by atoms with E-state index in [-0.39, 0.29) is 23.3 Å². The zero-order chi connectivity index (χ0) is 14.5. The van der Waals surface area contributed by atoms with Crippen molar-refractivity contribution < 1.29 is 18.3 Å². The van der Waals surface area contributed by atoms with E-state index in [0.717, 1.165) is 12.1 Å². The van der Waals surface area contributed by atoms with Gasteiger partial charge in [0.25, 0.3) is 0 Å². The number of halogens is 2. The molecule has 106 valence electrons. The van der Waals surface area contributed by atoms with Crippen LogP contribution < -0.4 is 0 Å². The third kappa shape index (κ3) is 6.05. The number of carbonyl (C=O) groups is 1. The van der Waals surface area contributed by atoms with Crippen LogP contribution >= 0.6 is 11.8 Å². The van der Waals surface area contributed by atoms with Gasteiger partial charge in [-0.1, -0.05) is 26.8 Å². The van der Waals surface area contributed by atoms with Gasteiger partial charge in [-0.3, -0.25) is 4.79 Å². The lowest BCUT2D eigenvalue weighted by atomic mass is 10.1. The van der Waals surface area contributed by atoms with E-state index in [1.165, 1.54) is 6.07 Å². The molecule has 2 nitrogen and oxygen atoms in total. The molecule has 0 radical (unpaired) electrons. The third-order valence-electron chi connectivity index (χ3n) is 2.26. The molecule has 0 aromatic heterocycles. The first-order valence-corrected chi connectivity index (χ1v) is 7.00. The molecule has 0 spiro atoms. The van der Waals surface area contributed by atoms with Crippen LogP contribution in [0.4, 0.5) is 8.78 Å². The van der Waals surface area contributed by atoms with Crippen molar-refractivity contribution in [3.8, 4) is 0 Å². The smallest absolute Gasteiger partial charge is 0.310 e. The van der Waals surface area contributed by atoms with Crippen molar-refractivity contribution in [1.29, 1.82) is 0 Å². The summed E-state index contributed by atoms with van der Waals surface area (Å²) >= 11 is 1.66. The van der Waals surface area contributed by atoms with Gasteiger partial charge in [0, 0.05) is 16.1 Å². The number of carbonyl (C=O) groups excluding carboxylic acids is 1. The fourth-order valence-corrected chi connectivity index (χ4v) is 2.18. The van der Waals surface area contributed by atoms with Gasteiger partial charge in [0.2, 0.25) is 0 Å². The van der Waals surface area contributed by atoms with Crippen LogP contribution in [0.25, 0.3) is 0 Å². The molecular formula is C14H18F2O2S. The average Bonchev–Trinajstić information content (AvgIpc) is 2.28. The van der Waals surface area contributed by atoms with Crippen LogP contribution in [0, 0.1) is 11.6 Å². The molecule has 5 heteroatoms. The van der Waals surface area contributed by atoms with E-state index >= 15 is 0 Å². The molecule has 0 aliphatic heterocycles. The minimum absolute atomic E-state index is 0.101. The molecule has 1 aromatic rings. The van der Waals surface area contributed by atoms with Gasteiger partial charge in [0.15, 0.2) is 0 Å². The Morgan fingerprint density at radius 2 is 1.84 bits per heavy atom. The summed E-state index contributed by atoms with van der Waals surface area (Å²) in [6.07, 6.45) is -0.376. The van der Waals surface area contributed by atoms with Crippen LogP contribution in [0.5, 0.6) is 0 Å². The number of rotatable bonds is 5. The first kappa shape index (κ1) is 16.0. The van der Waals surface area contributed by atoms with Crippen molar-refractivity contribution in [2.24, 2.45) is 0 Å². The molecular weight excluding hydrogens is 270 g/mol. The molecule has 0 heterocycles. The highest BCUT2D eigenvalue weighted by Crippen LogP contribution is 2.22. The molecule has 0 amide bonds. The summed E-state index contributed by atoms with van der Waals surface area (Å²) in [6.45, 7) is 6.44. The Morgan fingerprint density at radius 1 is 1.26 bits per heavy atom. The minimum atomic E-state index is -0.721. The maximum Gasteiger partial charge on any atom is 0.310 e. The highest BCUT2D eigenvalue weighted by atomic mass is 32.2. The summed E-state index contributed by atoms with van der Waals surface area (Å²) in [4.78, 5) is 11.5. The second-order valence-corrected chi connectivity index (χ2v) is 6.98. The first-order chi connectivity index (χ1) is 8.79. The van der Waals surface area contributed by atoms with Crippen molar-refractivity contribution in [2.45, 2.75) is 31.9 Å². The van der Waals surface area contributed by atoms with E-state index in [2.05, 4.69) is 20.8 Å². The van der Waals surface area contributed by atoms with Gasteiger partial charge in [0.1, 0.15) is 18.2 Å². The zero-order valence-corrected chi connectivity index (χ0v) is 12.2. The third-order valence-corrected chi connectivity index (χ3v) is 3.50. The predicted octanol–water partition coefficient (Wildman–Crippen LogP) is 3.58. The molecule has 0 aliphatic rings. The highest BCUT2D eigenvalue weighted by Gasteiger charge is 2.15. The summed E-state index contributed by atoms with van der Waals surface area (Å²) < 4.78 is 31.7. The number of benzene rings is 1. The minimum Gasteiger partial charge on any atom is -0.465 e. The topological polar surface area (TPSA) is 26.3 Å². The van der Waals surface area contributed by atoms with Crippen molar-refractivity contribution in [3.63, 3.8) is 0 Å². The highest BCUT2D eigenvalue weighted by molar-refractivity contribution is 8.00. The van der Waals surface area contributed by atoms with Gasteiger partial charge >= 0.3 is 5.97 Å². The molecule has 19 heavy (non-hydrogen) atoms. The number of esters is 1. The van der Waals surface area contributed by atoms with Gasteiger partial charge in [-0.15, -0.1) is 0 Å². The summed E-state index contributed by atoms with van der Waals surface area (Å²) in [5.41, 5.74) is -0.240. The monoisotopic (exact) mass is 288 g/mol. The maximum atomic E-state index is 13.3. The van der Waals surface area contributed by atoms with Crippen molar-refractivity contribution in [3.05, 3.63) is 35.4 Å². The second kappa shape index (κ2) is 6.89. The van der Waals surface area contributed by atoms with Crippen LogP contribution in [-0.2, 0) is 16.0 Å². The van der Waals surface area contributed by atoms with E-state index in [0.29, 0.717) is 5.75 Å². The van der Waals surface area contributed by atoms with Crippen molar-refractivity contribution >= 4 is 17.7 Å². The molecule has 0 fully saturated rings. The Morgan fingerprint density at radius 3 is 2.37 bits per heavy atom.